The normalized spacial score (nSPS) is 12.1. The summed E-state index contributed by atoms with van der Waals surface area (Å²) in [5.41, 5.74) is 12.4. The Morgan fingerprint density at radius 2 is 2.20 bits per heavy atom. The van der Waals surface area contributed by atoms with Gasteiger partial charge in [0.15, 0.2) is 0 Å². The summed E-state index contributed by atoms with van der Waals surface area (Å²) in [6.45, 7) is 3.88. The maximum absolute atomic E-state index is 10.8. The van der Waals surface area contributed by atoms with E-state index in [1.807, 2.05) is 19.1 Å². The van der Waals surface area contributed by atoms with Crippen molar-refractivity contribution >= 4 is 11.6 Å². The zero-order valence-corrected chi connectivity index (χ0v) is 8.99. The largest absolute Gasteiger partial charge is 0.492 e. The molecule has 0 radical (unpaired) electrons. The SMILES string of the molecule is Cc1c(N)cccc1OCC(C)C(N)=O. The van der Waals surface area contributed by atoms with Gasteiger partial charge >= 0.3 is 0 Å². The lowest BCUT2D eigenvalue weighted by molar-refractivity contribution is -0.122. The minimum Gasteiger partial charge on any atom is -0.492 e. The molecule has 0 aliphatic rings. The van der Waals surface area contributed by atoms with Crippen LogP contribution in [0.2, 0.25) is 0 Å². The van der Waals surface area contributed by atoms with E-state index < -0.39 is 0 Å². The van der Waals surface area contributed by atoms with E-state index in [2.05, 4.69) is 0 Å². The number of carbonyl (C=O) groups is 1. The van der Waals surface area contributed by atoms with E-state index in [1.54, 1.807) is 13.0 Å². The molecule has 0 aromatic heterocycles. The zero-order chi connectivity index (χ0) is 11.4. The minimum atomic E-state index is -0.364. The molecule has 0 fully saturated rings. The molecule has 1 aromatic carbocycles. The standard InChI is InChI=1S/C11H16N2O2/c1-7(11(13)14)6-15-10-5-3-4-9(12)8(10)2/h3-5,7H,6,12H2,1-2H3,(H2,13,14). The van der Waals surface area contributed by atoms with Gasteiger partial charge in [0, 0.05) is 11.3 Å². The topological polar surface area (TPSA) is 78.3 Å². The van der Waals surface area contributed by atoms with Crippen molar-refractivity contribution in [3.8, 4) is 5.75 Å². The van der Waals surface area contributed by atoms with Crippen LogP contribution in [0.3, 0.4) is 0 Å². The quantitative estimate of drug-likeness (QED) is 0.727. The van der Waals surface area contributed by atoms with Crippen molar-refractivity contribution in [2.24, 2.45) is 11.7 Å². The van der Waals surface area contributed by atoms with E-state index in [-0.39, 0.29) is 18.4 Å². The maximum atomic E-state index is 10.8. The number of nitrogen functional groups attached to an aromatic ring is 1. The lowest BCUT2D eigenvalue weighted by Crippen LogP contribution is -2.25. The van der Waals surface area contributed by atoms with Crippen LogP contribution in [-0.4, -0.2) is 12.5 Å². The molecule has 1 rings (SSSR count). The van der Waals surface area contributed by atoms with E-state index in [0.717, 1.165) is 5.56 Å². The number of hydrogen-bond donors (Lipinski definition) is 2. The van der Waals surface area contributed by atoms with Crippen molar-refractivity contribution in [3.05, 3.63) is 23.8 Å². The summed E-state index contributed by atoms with van der Waals surface area (Å²) in [6.07, 6.45) is 0. The lowest BCUT2D eigenvalue weighted by atomic mass is 10.1. The predicted molar refractivity (Wildman–Crippen MR) is 59.4 cm³/mol. The molecule has 0 bridgehead atoms. The Balaban J connectivity index is 2.66. The second-order valence-electron chi connectivity index (χ2n) is 3.58. The number of ether oxygens (including phenoxy) is 1. The van der Waals surface area contributed by atoms with E-state index >= 15 is 0 Å². The van der Waals surface area contributed by atoms with Gasteiger partial charge in [-0.1, -0.05) is 13.0 Å². The highest BCUT2D eigenvalue weighted by Gasteiger charge is 2.10. The first-order valence-electron chi connectivity index (χ1n) is 4.79. The third kappa shape index (κ3) is 2.87. The molecule has 1 unspecified atom stereocenters. The number of nitrogens with two attached hydrogens (primary N) is 2. The molecular formula is C11H16N2O2. The Labute approximate surface area is 89.2 Å². The summed E-state index contributed by atoms with van der Waals surface area (Å²) >= 11 is 0. The molecule has 0 saturated heterocycles. The molecule has 0 saturated carbocycles. The van der Waals surface area contributed by atoms with Crippen LogP contribution in [0.15, 0.2) is 18.2 Å². The Morgan fingerprint density at radius 3 is 2.80 bits per heavy atom. The van der Waals surface area contributed by atoms with Gasteiger partial charge in [-0.2, -0.15) is 0 Å². The number of hydrogen-bond acceptors (Lipinski definition) is 3. The second-order valence-corrected chi connectivity index (χ2v) is 3.58. The highest BCUT2D eigenvalue weighted by molar-refractivity contribution is 5.76. The number of amides is 1. The van der Waals surface area contributed by atoms with E-state index in [9.17, 15) is 4.79 Å². The summed E-state index contributed by atoms with van der Waals surface area (Å²) in [4.78, 5) is 10.8. The average Bonchev–Trinajstić information content (AvgIpc) is 2.19. The van der Waals surface area contributed by atoms with Crippen LogP contribution >= 0.6 is 0 Å². The fourth-order valence-corrected chi connectivity index (χ4v) is 1.08. The fraction of sp³-hybridized carbons (Fsp3) is 0.364. The number of benzene rings is 1. The third-order valence-corrected chi connectivity index (χ3v) is 2.30. The van der Waals surface area contributed by atoms with Crippen molar-refractivity contribution in [2.75, 3.05) is 12.3 Å². The monoisotopic (exact) mass is 208 g/mol. The number of carbonyl (C=O) groups excluding carboxylic acids is 1. The van der Waals surface area contributed by atoms with Gasteiger partial charge in [-0.3, -0.25) is 4.79 Å². The molecule has 82 valence electrons. The third-order valence-electron chi connectivity index (χ3n) is 2.30. The molecule has 4 nitrogen and oxygen atoms in total. The number of anilines is 1. The lowest BCUT2D eigenvalue weighted by Gasteiger charge is -2.12. The summed E-state index contributed by atoms with van der Waals surface area (Å²) in [5, 5.41) is 0. The van der Waals surface area contributed by atoms with Crippen LogP contribution in [0.5, 0.6) is 5.75 Å². The summed E-state index contributed by atoms with van der Waals surface area (Å²) in [7, 11) is 0. The maximum Gasteiger partial charge on any atom is 0.223 e. The first kappa shape index (κ1) is 11.4. The molecule has 0 aliphatic carbocycles. The van der Waals surface area contributed by atoms with Crippen LogP contribution in [0.1, 0.15) is 12.5 Å². The summed E-state index contributed by atoms with van der Waals surface area (Å²) in [5.74, 6) is 0.0329. The van der Waals surface area contributed by atoms with Gasteiger partial charge in [0.1, 0.15) is 5.75 Å². The first-order valence-corrected chi connectivity index (χ1v) is 4.79. The Kier molecular flexibility index (Phi) is 3.55. The van der Waals surface area contributed by atoms with Crippen molar-refractivity contribution < 1.29 is 9.53 Å². The number of rotatable bonds is 4. The van der Waals surface area contributed by atoms with Crippen molar-refractivity contribution in [1.82, 2.24) is 0 Å². The van der Waals surface area contributed by atoms with Crippen LogP contribution in [0.25, 0.3) is 0 Å². The first-order chi connectivity index (χ1) is 7.02. The Hall–Kier alpha value is -1.71. The van der Waals surface area contributed by atoms with Crippen molar-refractivity contribution in [1.29, 1.82) is 0 Å². The van der Waals surface area contributed by atoms with E-state index in [4.69, 9.17) is 16.2 Å². The van der Waals surface area contributed by atoms with Crippen LogP contribution in [0, 0.1) is 12.8 Å². The van der Waals surface area contributed by atoms with Gasteiger partial charge in [0.05, 0.1) is 12.5 Å². The Bertz CT molecular complexity index is 364. The molecule has 0 spiro atoms. The molecule has 15 heavy (non-hydrogen) atoms. The summed E-state index contributed by atoms with van der Waals surface area (Å²) < 4.78 is 5.46. The van der Waals surface area contributed by atoms with Gasteiger partial charge in [-0.25, -0.2) is 0 Å². The molecule has 1 aromatic rings. The van der Waals surface area contributed by atoms with Gasteiger partial charge < -0.3 is 16.2 Å². The summed E-state index contributed by atoms with van der Waals surface area (Å²) in [6, 6.07) is 5.44. The molecule has 4 N–H and O–H groups in total. The smallest absolute Gasteiger partial charge is 0.223 e. The van der Waals surface area contributed by atoms with Gasteiger partial charge in [-0.15, -0.1) is 0 Å². The number of primary amides is 1. The van der Waals surface area contributed by atoms with Gasteiger partial charge in [0.2, 0.25) is 5.91 Å². The van der Waals surface area contributed by atoms with Crippen molar-refractivity contribution in [3.63, 3.8) is 0 Å². The van der Waals surface area contributed by atoms with Crippen LogP contribution < -0.4 is 16.2 Å². The molecule has 0 aliphatic heterocycles. The zero-order valence-electron chi connectivity index (χ0n) is 8.99. The minimum absolute atomic E-state index is 0.277. The molecule has 4 heteroatoms. The second kappa shape index (κ2) is 4.68. The molecule has 1 atom stereocenters. The van der Waals surface area contributed by atoms with Crippen LogP contribution in [0.4, 0.5) is 5.69 Å². The highest BCUT2D eigenvalue weighted by atomic mass is 16.5. The molecular weight excluding hydrogens is 192 g/mol. The van der Waals surface area contributed by atoms with E-state index in [1.165, 1.54) is 0 Å². The molecule has 0 heterocycles. The van der Waals surface area contributed by atoms with Gasteiger partial charge in [-0.05, 0) is 19.1 Å². The van der Waals surface area contributed by atoms with Crippen LogP contribution in [-0.2, 0) is 4.79 Å². The average molecular weight is 208 g/mol. The molecule has 1 amide bonds. The fourth-order valence-electron chi connectivity index (χ4n) is 1.08. The van der Waals surface area contributed by atoms with Gasteiger partial charge in [0.25, 0.3) is 0 Å². The van der Waals surface area contributed by atoms with Crippen molar-refractivity contribution in [2.45, 2.75) is 13.8 Å². The van der Waals surface area contributed by atoms with E-state index in [0.29, 0.717) is 11.4 Å². The highest BCUT2D eigenvalue weighted by Crippen LogP contribution is 2.23. The predicted octanol–water partition coefficient (Wildman–Crippen LogP) is 1.08. The Morgan fingerprint density at radius 1 is 1.53 bits per heavy atom.